The number of nitro benzene ring substituents is 1. The zero-order valence-electron chi connectivity index (χ0n) is 12.6. The number of nitrogens with zero attached hydrogens (tertiary/aromatic N) is 2. The number of carbonyl (C=O) groups excluding carboxylic acids is 1. The predicted molar refractivity (Wildman–Crippen MR) is 86.3 cm³/mol. The van der Waals surface area contributed by atoms with E-state index in [1.807, 2.05) is 48.0 Å². The number of carbonyl (C=O) groups is 1. The van der Waals surface area contributed by atoms with Crippen LogP contribution in [-0.4, -0.2) is 10.7 Å². The molecule has 3 aromatic rings. The largest absolute Gasteiger partial charge is 0.287 e. The lowest BCUT2D eigenvalue weighted by molar-refractivity contribution is -0.687. The third-order valence-electron chi connectivity index (χ3n) is 3.80. The summed E-state index contributed by atoms with van der Waals surface area (Å²) in [5, 5.41) is 13.0. The van der Waals surface area contributed by atoms with Gasteiger partial charge in [0.2, 0.25) is 12.3 Å². The Morgan fingerprint density at radius 3 is 2.57 bits per heavy atom. The number of benzene rings is 2. The highest BCUT2D eigenvalue weighted by Crippen LogP contribution is 2.15. The van der Waals surface area contributed by atoms with Gasteiger partial charge in [-0.05, 0) is 11.5 Å². The van der Waals surface area contributed by atoms with Gasteiger partial charge in [-0.25, -0.2) is 0 Å². The number of aromatic nitrogens is 1. The number of ketones is 1. The second-order valence-electron chi connectivity index (χ2n) is 5.40. The topological polar surface area (TPSA) is 64.1 Å². The lowest BCUT2D eigenvalue weighted by atomic mass is 10.1. The molecule has 0 saturated carbocycles. The molecule has 0 atom stereocenters. The van der Waals surface area contributed by atoms with Gasteiger partial charge in [0.05, 0.1) is 4.92 Å². The molecule has 0 radical (unpaired) electrons. The monoisotopic (exact) mass is 307 g/mol. The average Bonchev–Trinajstić information content (AvgIpc) is 2.55. The van der Waals surface area contributed by atoms with Gasteiger partial charge < -0.3 is 0 Å². The number of aryl methyl sites for hydroxylation is 1. The van der Waals surface area contributed by atoms with Gasteiger partial charge in [-0.2, -0.15) is 4.57 Å². The van der Waals surface area contributed by atoms with Crippen LogP contribution >= 0.6 is 0 Å². The maximum Gasteiger partial charge on any atom is 0.270 e. The van der Waals surface area contributed by atoms with E-state index in [4.69, 9.17) is 0 Å². The Morgan fingerprint density at radius 2 is 1.83 bits per heavy atom. The summed E-state index contributed by atoms with van der Waals surface area (Å²) < 4.78 is 1.86. The van der Waals surface area contributed by atoms with Gasteiger partial charge in [0.1, 0.15) is 0 Å². The molecule has 5 nitrogen and oxygen atoms in total. The van der Waals surface area contributed by atoms with Crippen LogP contribution in [0.2, 0.25) is 0 Å². The van der Waals surface area contributed by atoms with Crippen molar-refractivity contribution >= 4 is 22.2 Å². The first kappa shape index (κ1) is 14.8. The maximum absolute atomic E-state index is 12.4. The first-order valence-corrected chi connectivity index (χ1v) is 7.21. The Morgan fingerprint density at radius 1 is 1.09 bits per heavy atom. The van der Waals surface area contributed by atoms with Gasteiger partial charge >= 0.3 is 0 Å². The van der Waals surface area contributed by atoms with Crippen molar-refractivity contribution in [1.29, 1.82) is 0 Å². The van der Waals surface area contributed by atoms with Crippen molar-refractivity contribution in [2.75, 3.05) is 0 Å². The van der Waals surface area contributed by atoms with E-state index < -0.39 is 4.92 Å². The molecule has 23 heavy (non-hydrogen) atoms. The second kappa shape index (κ2) is 5.96. The minimum absolute atomic E-state index is 0.0731. The molecule has 0 aliphatic heterocycles. The van der Waals surface area contributed by atoms with Crippen molar-refractivity contribution in [3.05, 3.63) is 82.2 Å². The molecule has 1 heterocycles. The molecule has 0 unspecified atom stereocenters. The van der Waals surface area contributed by atoms with Crippen molar-refractivity contribution in [2.45, 2.75) is 13.5 Å². The second-order valence-corrected chi connectivity index (χ2v) is 5.40. The summed E-state index contributed by atoms with van der Waals surface area (Å²) in [5.74, 6) is -0.155. The molecule has 2 aromatic carbocycles. The van der Waals surface area contributed by atoms with Gasteiger partial charge in [0, 0.05) is 36.1 Å². The quantitative estimate of drug-likeness (QED) is 0.322. The van der Waals surface area contributed by atoms with Crippen molar-refractivity contribution < 1.29 is 14.3 Å². The van der Waals surface area contributed by atoms with Gasteiger partial charge in [-0.1, -0.05) is 30.3 Å². The molecule has 5 heteroatoms. The highest BCUT2D eigenvalue weighted by molar-refractivity contribution is 5.95. The molecule has 0 aliphatic rings. The Hall–Kier alpha value is -3.08. The van der Waals surface area contributed by atoms with Crippen molar-refractivity contribution in [3.63, 3.8) is 0 Å². The van der Waals surface area contributed by atoms with Gasteiger partial charge in [-0.3, -0.25) is 14.9 Å². The van der Waals surface area contributed by atoms with E-state index in [1.165, 1.54) is 18.2 Å². The van der Waals surface area contributed by atoms with Crippen LogP contribution in [0.1, 0.15) is 16.1 Å². The van der Waals surface area contributed by atoms with E-state index in [-0.39, 0.29) is 18.0 Å². The van der Waals surface area contributed by atoms with Crippen LogP contribution in [0.3, 0.4) is 0 Å². The molecular weight excluding hydrogens is 292 g/mol. The average molecular weight is 307 g/mol. The van der Waals surface area contributed by atoms with E-state index in [0.717, 1.165) is 16.5 Å². The normalized spacial score (nSPS) is 10.7. The maximum atomic E-state index is 12.4. The molecule has 3 rings (SSSR count). The summed E-state index contributed by atoms with van der Waals surface area (Å²) in [6, 6.07) is 15.8. The summed E-state index contributed by atoms with van der Waals surface area (Å²) in [6.45, 7) is 2.09. The van der Waals surface area contributed by atoms with Crippen molar-refractivity contribution in [2.24, 2.45) is 0 Å². The zero-order chi connectivity index (χ0) is 16.4. The van der Waals surface area contributed by atoms with Crippen LogP contribution < -0.4 is 4.57 Å². The summed E-state index contributed by atoms with van der Waals surface area (Å²) in [5.41, 5.74) is 1.23. The van der Waals surface area contributed by atoms with Crippen LogP contribution in [0.25, 0.3) is 10.8 Å². The van der Waals surface area contributed by atoms with Gasteiger partial charge in [-0.15, -0.1) is 0 Å². The molecule has 0 fully saturated rings. The number of hydrogen-bond acceptors (Lipinski definition) is 3. The highest BCUT2D eigenvalue weighted by atomic mass is 16.6. The first-order valence-electron chi connectivity index (χ1n) is 7.21. The fourth-order valence-electron chi connectivity index (χ4n) is 2.55. The third kappa shape index (κ3) is 3.08. The molecular formula is C18H15N2O3+. The van der Waals surface area contributed by atoms with Crippen LogP contribution in [0, 0.1) is 17.0 Å². The number of pyridine rings is 1. The number of nitro groups is 1. The van der Waals surface area contributed by atoms with Gasteiger partial charge in [0.15, 0.2) is 11.9 Å². The number of fused-ring (bicyclic) bond motifs is 1. The minimum atomic E-state index is -0.495. The molecule has 1 aromatic heterocycles. The van der Waals surface area contributed by atoms with Crippen molar-refractivity contribution in [1.82, 2.24) is 0 Å². The van der Waals surface area contributed by atoms with E-state index in [0.29, 0.717) is 5.56 Å². The lowest BCUT2D eigenvalue weighted by Gasteiger charge is -2.03. The molecule has 0 aliphatic carbocycles. The van der Waals surface area contributed by atoms with Crippen molar-refractivity contribution in [3.8, 4) is 0 Å². The predicted octanol–water partition coefficient (Wildman–Crippen LogP) is 3.23. The zero-order valence-corrected chi connectivity index (χ0v) is 12.6. The molecule has 0 spiro atoms. The molecule has 0 saturated heterocycles. The van der Waals surface area contributed by atoms with Crippen LogP contribution in [-0.2, 0) is 6.54 Å². The molecule has 0 N–H and O–H groups in total. The standard InChI is InChI=1S/C18H15N2O3/c1-13-9-14-5-2-3-6-16(14)11-19(13)12-18(21)15-7-4-8-17(10-15)20(22)23/h2-11H,12H2,1H3/q+1. The Kier molecular flexibility index (Phi) is 3.85. The smallest absolute Gasteiger partial charge is 0.270 e. The number of rotatable bonds is 4. The van der Waals surface area contributed by atoms with Gasteiger partial charge in [0.25, 0.3) is 5.69 Å². The van der Waals surface area contributed by atoms with E-state index >= 15 is 0 Å². The minimum Gasteiger partial charge on any atom is -0.287 e. The van der Waals surface area contributed by atoms with Crippen LogP contribution in [0.15, 0.2) is 60.8 Å². The summed E-state index contributed by atoms with van der Waals surface area (Å²) >= 11 is 0. The summed E-state index contributed by atoms with van der Waals surface area (Å²) in [6.07, 6.45) is 1.93. The van der Waals surface area contributed by atoms with E-state index in [9.17, 15) is 14.9 Å². The third-order valence-corrected chi connectivity index (χ3v) is 3.80. The lowest BCUT2D eigenvalue weighted by Crippen LogP contribution is -2.40. The number of non-ortho nitro benzene ring substituents is 1. The van der Waals surface area contributed by atoms with E-state index in [2.05, 4.69) is 0 Å². The number of Topliss-reactive ketones (excluding diaryl/α,β-unsaturated/α-hetero) is 1. The van der Waals surface area contributed by atoms with E-state index in [1.54, 1.807) is 6.07 Å². The molecule has 0 amide bonds. The summed E-state index contributed by atoms with van der Waals surface area (Å²) in [7, 11) is 0. The Balaban J connectivity index is 1.92. The first-order chi connectivity index (χ1) is 11.0. The van der Waals surface area contributed by atoms with Crippen LogP contribution in [0.4, 0.5) is 5.69 Å². The SMILES string of the molecule is Cc1cc2ccccc2c[n+]1CC(=O)c1cccc([N+](=O)[O-])c1. The Labute approximate surface area is 133 Å². The summed E-state index contributed by atoms with van der Waals surface area (Å²) in [4.78, 5) is 22.8. The fourth-order valence-corrected chi connectivity index (χ4v) is 2.55. The number of hydrogen-bond donors (Lipinski definition) is 0. The molecule has 114 valence electrons. The fraction of sp³-hybridized carbons (Fsp3) is 0.111. The van der Waals surface area contributed by atoms with Crippen LogP contribution in [0.5, 0.6) is 0 Å². The molecule has 0 bridgehead atoms. The Bertz CT molecular complexity index is 919. The highest BCUT2D eigenvalue weighted by Gasteiger charge is 2.17.